The number of hydrogen-bond acceptors (Lipinski definition) is 2. The molecule has 0 saturated carbocycles. The molecule has 2 aliphatic heterocycles. The first-order valence-electron chi connectivity index (χ1n) is 9.58. The second-order valence-corrected chi connectivity index (χ2v) is 8.88. The Morgan fingerprint density at radius 2 is 1.46 bits per heavy atom. The van der Waals surface area contributed by atoms with Crippen LogP contribution in [0.2, 0.25) is 0 Å². The molecule has 2 aliphatic rings. The standard InChI is InChI=1S/C21H33FN2/c1-21(2,3)18-5-6-20(19(22)15-18)24-13-9-17(10-14-24)16-7-11-23(4)12-8-16/h5-6,15-17H,7-14H2,1-4H3. The van der Waals surface area contributed by atoms with Crippen molar-refractivity contribution in [1.82, 2.24) is 4.90 Å². The van der Waals surface area contributed by atoms with Crippen molar-refractivity contribution in [2.75, 3.05) is 38.1 Å². The van der Waals surface area contributed by atoms with E-state index in [0.29, 0.717) is 0 Å². The largest absolute Gasteiger partial charge is 0.369 e. The topological polar surface area (TPSA) is 6.48 Å². The van der Waals surface area contributed by atoms with Crippen molar-refractivity contribution < 1.29 is 4.39 Å². The zero-order chi connectivity index (χ0) is 17.3. The zero-order valence-electron chi connectivity index (χ0n) is 15.8. The molecule has 0 N–H and O–H groups in total. The SMILES string of the molecule is CN1CCC(C2CCN(c3ccc(C(C)(C)C)cc3F)CC2)CC1. The summed E-state index contributed by atoms with van der Waals surface area (Å²) in [5, 5.41) is 0. The number of likely N-dealkylation sites (tertiary alicyclic amines) is 1. The summed E-state index contributed by atoms with van der Waals surface area (Å²) in [5.74, 6) is 1.67. The minimum Gasteiger partial charge on any atom is -0.369 e. The average molecular weight is 333 g/mol. The Morgan fingerprint density at radius 1 is 0.917 bits per heavy atom. The molecule has 0 amide bonds. The van der Waals surface area contributed by atoms with Crippen LogP contribution in [-0.4, -0.2) is 38.1 Å². The molecule has 134 valence electrons. The fourth-order valence-electron chi connectivity index (χ4n) is 4.34. The van der Waals surface area contributed by atoms with Crippen LogP contribution in [0.25, 0.3) is 0 Å². The fraction of sp³-hybridized carbons (Fsp3) is 0.714. The van der Waals surface area contributed by atoms with Crippen LogP contribution >= 0.6 is 0 Å². The number of hydrogen-bond donors (Lipinski definition) is 0. The average Bonchev–Trinajstić information content (AvgIpc) is 2.55. The van der Waals surface area contributed by atoms with E-state index in [2.05, 4.69) is 43.7 Å². The van der Waals surface area contributed by atoms with Crippen molar-refractivity contribution in [3.63, 3.8) is 0 Å². The Morgan fingerprint density at radius 3 is 1.96 bits per heavy atom. The lowest BCUT2D eigenvalue weighted by atomic mass is 9.79. The van der Waals surface area contributed by atoms with Gasteiger partial charge in [0.2, 0.25) is 0 Å². The third-order valence-electron chi connectivity index (χ3n) is 6.12. The van der Waals surface area contributed by atoms with Gasteiger partial charge in [0.15, 0.2) is 0 Å². The zero-order valence-corrected chi connectivity index (χ0v) is 15.8. The lowest BCUT2D eigenvalue weighted by Gasteiger charge is -2.40. The first-order valence-corrected chi connectivity index (χ1v) is 9.58. The molecular formula is C21H33FN2. The maximum Gasteiger partial charge on any atom is 0.146 e. The van der Waals surface area contributed by atoms with Gasteiger partial charge in [0.05, 0.1) is 5.69 Å². The van der Waals surface area contributed by atoms with Gasteiger partial charge in [-0.05, 0) is 80.8 Å². The van der Waals surface area contributed by atoms with E-state index in [9.17, 15) is 4.39 Å². The minimum absolute atomic E-state index is 0.000502. The second-order valence-electron chi connectivity index (χ2n) is 8.88. The molecule has 24 heavy (non-hydrogen) atoms. The van der Waals surface area contributed by atoms with Gasteiger partial charge in [-0.15, -0.1) is 0 Å². The van der Waals surface area contributed by atoms with Crippen molar-refractivity contribution in [2.45, 2.75) is 51.9 Å². The van der Waals surface area contributed by atoms with Gasteiger partial charge in [0.25, 0.3) is 0 Å². The molecule has 2 heterocycles. The summed E-state index contributed by atoms with van der Waals surface area (Å²) < 4.78 is 14.6. The van der Waals surface area contributed by atoms with Crippen LogP contribution in [0.4, 0.5) is 10.1 Å². The highest BCUT2D eigenvalue weighted by Crippen LogP contribution is 2.35. The van der Waals surface area contributed by atoms with Crippen LogP contribution in [0.3, 0.4) is 0 Å². The Kier molecular flexibility index (Phi) is 5.19. The number of nitrogens with zero attached hydrogens (tertiary/aromatic N) is 2. The lowest BCUT2D eigenvalue weighted by Crippen LogP contribution is -2.40. The number of anilines is 1. The van der Waals surface area contributed by atoms with E-state index >= 15 is 0 Å². The molecule has 0 radical (unpaired) electrons. The summed E-state index contributed by atoms with van der Waals surface area (Å²) in [7, 11) is 2.23. The normalized spacial score (nSPS) is 22.1. The Balaban J connectivity index is 1.60. The van der Waals surface area contributed by atoms with Gasteiger partial charge in [-0.1, -0.05) is 26.8 Å². The maximum atomic E-state index is 14.6. The summed E-state index contributed by atoms with van der Waals surface area (Å²) in [6.45, 7) is 10.9. The highest BCUT2D eigenvalue weighted by Gasteiger charge is 2.29. The summed E-state index contributed by atoms with van der Waals surface area (Å²) in [6, 6.07) is 5.83. The first-order chi connectivity index (χ1) is 11.3. The summed E-state index contributed by atoms with van der Waals surface area (Å²) in [4.78, 5) is 4.70. The molecule has 0 aromatic heterocycles. The maximum absolute atomic E-state index is 14.6. The van der Waals surface area contributed by atoms with E-state index in [4.69, 9.17) is 0 Å². The van der Waals surface area contributed by atoms with E-state index in [0.717, 1.165) is 36.2 Å². The number of benzene rings is 1. The Hall–Kier alpha value is -1.09. The summed E-state index contributed by atoms with van der Waals surface area (Å²) >= 11 is 0. The molecule has 1 aromatic rings. The van der Waals surface area contributed by atoms with Crippen LogP contribution in [0.1, 0.15) is 52.0 Å². The van der Waals surface area contributed by atoms with Gasteiger partial charge in [0.1, 0.15) is 5.82 Å². The molecule has 3 rings (SSSR count). The van der Waals surface area contributed by atoms with Crippen molar-refractivity contribution in [3.8, 4) is 0 Å². The summed E-state index contributed by atoms with van der Waals surface area (Å²) in [6.07, 6.45) is 5.12. The van der Waals surface area contributed by atoms with Crippen LogP contribution in [0.15, 0.2) is 18.2 Å². The van der Waals surface area contributed by atoms with E-state index in [1.165, 1.54) is 38.8 Å². The Bertz CT molecular complexity index is 547. The van der Waals surface area contributed by atoms with E-state index < -0.39 is 0 Å². The van der Waals surface area contributed by atoms with Crippen molar-refractivity contribution >= 4 is 5.69 Å². The molecule has 2 nitrogen and oxygen atoms in total. The van der Waals surface area contributed by atoms with Crippen molar-refractivity contribution in [3.05, 3.63) is 29.6 Å². The van der Waals surface area contributed by atoms with Crippen LogP contribution in [-0.2, 0) is 5.41 Å². The lowest BCUT2D eigenvalue weighted by molar-refractivity contribution is 0.154. The molecule has 0 spiro atoms. The molecule has 3 heteroatoms. The van der Waals surface area contributed by atoms with E-state index in [1.807, 2.05) is 6.07 Å². The highest BCUT2D eigenvalue weighted by atomic mass is 19.1. The van der Waals surface area contributed by atoms with Crippen LogP contribution in [0, 0.1) is 17.7 Å². The molecule has 0 unspecified atom stereocenters. The molecule has 2 saturated heterocycles. The second kappa shape index (κ2) is 7.03. The quantitative estimate of drug-likeness (QED) is 0.776. The monoisotopic (exact) mass is 332 g/mol. The van der Waals surface area contributed by atoms with Gasteiger partial charge >= 0.3 is 0 Å². The van der Waals surface area contributed by atoms with Gasteiger partial charge < -0.3 is 9.80 Å². The summed E-state index contributed by atoms with van der Waals surface area (Å²) in [5.41, 5.74) is 1.87. The Labute approximate surface area is 147 Å². The van der Waals surface area contributed by atoms with Crippen molar-refractivity contribution in [1.29, 1.82) is 0 Å². The van der Waals surface area contributed by atoms with Gasteiger partial charge in [-0.25, -0.2) is 4.39 Å². The van der Waals surface area contributed by atoms with E-state index in [-0.39, 0.29) is 11.2 Å². The predicted octanol–water partition coefficient (Wildman–Crippen LogP) is 4.68. The first kappa shape index (κ1) is 17.7. The van der Waals surface area contributed by atoms with Gasteiger partial charge in [-0.2, -0.15) is 0 Å². The number of halogens is 1. The van der Waals surface area contributed by atoms with Gasteiger partial charge in [-0.3, -0.25) is 0 Å². The van der Waals surface area contributed by atoms with Crippen LogP contribution < -0.4 is 4.90 Å². The fourth-order valence-corrected chi connectivity index (χ4v) is 4.34. The molecule has 0 aliphatic carbocycles. The number of rotatable bonds is 2. The molecule has 2 fully saturated rings. The number of piperidine rings is 2. The van der Waals surface area contributed by atoms with Gasteiger partial charge in [0, 0.05) is 13.1 Å². The molecule has 1 aromatic carbocycles. The molecule has 0 atom stereocenters. The smallest absolute Gasteiger partial charge is 0.146 e. The third-order valence-corrected chi connectivity index (χ3v) is 6.12. The van der Waals surface area contributed by atoms with Crippen LogP contribution in [0.5, 0.6) is 0 Å². The minimum atomic E-state index is -0.0554. The highest BCUT2D eigenvalue weighted by molar-refractivity contribution is 5.50. The molecular weight excluding hydrogens is 299 g/mol. The molecule has 0 bridgehead atoms. The predicted molar refractivity (Wildman–Crippen MR) is 100 cm³/mol. The van der Waals surface area contributed by atoms with E-state index in [1.54, 1.807) is 6.07 Å². The van der Waals surface area contributed by atoms with Crippen molar-refractivity contribution in [2.24, 2.45) is 11.8 Å². The third kappa shape index (κ3) is 3.93.